The van der Waals surface area contributed by atoms with Crippen LogP contribution in [-0.4, -0.2) is 15.3 Å². The van der Waals surface area contributed by atoms with Gasteiger partial charge >= 0.3 is 0 Å². The molecule has 0 unspecified atom stereocenters. The molecule has 0 spiro atoms. The monoisotopic (exact) mass is 302 g/mol. The summed E-state index contributed by atoms with van der Waals surface area (Å²) in [7, 11) is 0. The maximum Gasteiger partial charge on any atom is 0.101 e. The van der Waals surface area contributed by atoms with E-state index in [4.69, 9.17) is 11.6 Å². The van der Waals surface area contributed by atoms with E-state index in [2.05, 4.69) is 37.3 Å². The summed E-state index contributed by atoms with van der Waals surface area (Å²) in [5, 5.41) is 17.7. The maximum absolute atomic E-state index is 9.36. The van der Waals surface area contributed by atoms with E-state index in [1.54, 1.807) is 10.9 Å². The number of hydrogen-bond acceptors (Lipinski definition) is 3. The summed E-state index contributed by atoms with van der Waals surface area (Å²) in [5.41, 5.74) is 3.19. The van der Waals surface area contributed by atoms with Gasteiger partial charge in [0.1, 0.15) is 6.07 Å². The van der Waals surface area contributed by atoms with Crippen LogP contribution in [-0.2, 0) is 6.54 Å². The van der Waals surface area contributed by atoms with Crippen LogP contribution in [0.15, 0.2) is 24.4 Å². The van der Waals surface area contributed by atoms with Gasteiger partial charge in [-0.15, -0.1) is 0 Å². The van der Waals surface area contributed by atoms with Gasteiger partial charge in [-0.2, -0.15) is 10.4 Å². The van der Waals surface area contributed by atoms with E-state index in [0.29, 0.717) is 10.6 Å². The molecule has 1 aromatic carbocycles. The molecule has 21 heavy (non-hydrogen) atoms. The van der Waals surface area contributed by atoms with Gasteiger partial charge in [-0.1, -0.05) is 17.7 Å². The summed E-state index contributed by atoms with van der Waals surface area (Å²) in [6, 6.07) is 8.02. The van der Waals surface area contributed by atoms with Crippen molar-refractivity contribution in [3.8, 4) is 11.8 Å². The van der Waals surface area contributed by atoms with Crippen molar-refractivity contribution in [2.75, 3.05) is 0 Å². The number of aromatic nitrogens is 2. The fourth-order valence-corrected chi connectivity index (χ4v) is 2.04. The molecule has 1 heterocycles. The van der Waals surface area contributed by atoms with Crippen molar-refractivity contribution in [3.05, 3.63) is 46.2 Å². The molecule has 1 N–H and O–H groups in total. The Morgan fingerprint density at radius 3 is 2.62 bits per heavy atom. The molecule has 4 nitrogen and oxygen atoms in total. The molecule has 0 aliphatic heterocycles. The van der Waals surface area contributed by atoms with Crippen LogP contribution in [0.1, 0.15) is 37.6 Å². The largest absolute Gasteiger partial charge is 0.308 e. The highest BCUT2D eigenvalue weighted by Gasteiger charge is 2.12. The first-order valence-electron chi connectivity index (χ1n) is 6.80. The van der Waals surface area contributed by atoms with Gasteiger partial charge < -0.3 is 5.32 Å². The lowest BCUT2D eigenvalue weighted by atomic mass is 10.1. The molecule has 0 amide bonds. The quantitative estimate of drug-likeness (QED) is 0.942. The first-order valence-corrected chi connectivity index (χ1v) is 7.18. The van der Waals surface area contributed by atoms with Gasteiger partial charge in [0.25, 0.3) is 0 Å². The zero-order chi connectivity index (χ0) is 15.6. The minimum absolute atomic E-state index is 0.0398. The third kappa shape index (κ3) is 3.84. The van der Waals surface area contributed by atoms with Crippen molar-refractivity contribution < 1.29 is 0 Å². The highest BCUT2D eigenvalue weighted by molar-refractivity contribution is 6.31. The molecule has 0 saturated carbocycles. The molecule has 0 bridgehead atoms. The van der Waals surface area contributed by atoms with E-state index in [0.717, 1.165) is 23.5 Å². The summed E-state index contributed by atoms with van der Waals surface area (Å²) >= 11 is 6.03. The number of nitriles is 1. The average Bonchev–Trinajstić information content (AvgIpc) is 2.75. The van der Waals surface area contributed by atoms with Crippen molar-refractivity contribution in [1.29, 1.82) is 5.26 Å². The van der Waals surface area contributed by atoms with Crippen molar-refractivity contribution in [3.63, 3.8) is 0 Å². The summed E-state index contributed by atoms with van der Waals surface area (Å²) in [6.45, 7) is 8.90. The Bertz CT molecular complexity index is 670. The first kappa shape index (κ1) is 15.6. The summed E-state index contributed by atoms with van der Waals surface area (Å²) in [5.74, 6) is 0. The van der Waals surface area contributed by atoms with Crippen molar-refractivity contribution in [2.24, 2.45) is 0 Å². The van der Waals surface area contributed by atoms with E-state index in [9.17, 15) is 5.26 Å². The van der Waals surface area contributed by atoms with Crippen molar-refractivity contribution in [2.45, 2.75) is 39.8 Å². The maximum atomic E-state index is 9.36. The summed E-state index contributed by atoms with van der Waals surface area (Å²) < 4.78 is 1.65. The van der Waals surface area contributed by atoms with E-state index >= 15 is 0 Å². The van der Waals surface area contributed by atoms with Crippen LogP contribution in [0.4, 0.5) is 0 Å². The zero-order valence-corrected chi connectivity index (χ0v) is 13.5. The fraction of sp³-hybridized carbons (Fsp3) is 0.375. The molecule has 5 heteroatoms. The fourth-order valence-electron chi connectivity index (χ4n) is 1.91. The lowest BCUT2D eigenvalue weighted by Crippen LogP contribution is -2.35. The molecule has 0 radical (unpaired) electrons. The molecule has 110 valence electrons. The number of nitrogens with one attached hydrogen (secondary N) is 1. The molecular formula is C16H19ClN4. The molecule has 0 saturated heterocycles. The van der Waals surface area contributed by atoms with Gasteiger partial charge in [0.15, 0.2) is 0 Å². The number of hydrogen-bond donors (Lipinski definition) is 1. The second-order valence-corrected chi connectivity index (χ2v) is 6.48. The average molecular weight is 303 g/mol. The topological polar surface area (TPSA) is 53.6 Å². The molecule has 0 aliphatic carbocycles. The van der Waals surface area contributed by atoms with Crippen LogP contribution in [0.2, 0.25) is 5.02 Å². The molecular weight excluding hydrogens is 284 g/mol. The Labute approximate surface area is 130 Å². The van der Waals surface area contributed by atoms with Crippen LogP contribution in [0.5, 0.6) is 0 Å². The first-order chi connectivity index (χ1) is 9.80. The van der Waals surface area contributed by atoms with Gasteiger partial charge in [-0.25, -0.2) is 4.68 Å². The standard InChI is InChI=1S/C16H19ClN4/c1-11-14(17)10-21(20-11)15-6-5-12(7-13(15)8-18)9-19-16(2,3)4/h5-7,10,19H,9H2,1-4H3. The van der Waals surface area contributed by atoms with Crippen molar-refractivity contribution >= 4 is 11.6 Å². The highest BCUT2D eigenvalue weighted by Crippen LogP contribution is 2.20. The van der Waals surface area contributed by atoms with E-state index < -0.39 is 0 Å². The predicted octanol–water partition coefficient (Wildman–Crippen LogP) is 3.59. The predicted molar refractivity (Wildman–Crippen MR) is 84.6 cm³/mol. The lowest BCUT2D eigenvalue weighted by molar-refractivity contribution is 0.424. The SMILES string of the molecule is Cc1nn(-c2ccc(CNC(C)(C)C)cc2C#N)cc1Cl. The summed E-state index contributed by atoms with van der Waals surface area (Å²) in [6.07, 6.45) is 1.72. The van der Waals surface area contributed by atoms with Gasteiger partial charge in [-0.05, 0) is 45.4 Å². The van der Waals surface area contributed by atoms with E-state index in [1.807, 2.05) is 25.1 Å². The molecule has 2 aromatic rings. The van der Waals surface area contributed by atoms with E-state index in [-0.39, 0.29) is 5.54 Å². The third-order valence-corrected chi connectivity index (χ3v) is 3.46. The third-order valence-electron chi connectivity index (χ3n) is 3.09. The van der Waals surface area contributed by atoms with Crippen LogP contribution >= 0.6 is 11.6 Å². The Hall–Kier alpha value is -1.83. The van der Waals surface area contributed by atoms with Crippen LogP contribution in [0.3, 0.4) is 0 Å². The Morgan fingerprint density at radius 2 is 2.10 bits per heavy atom. The Morgan fingerprint density at radius 1 is 1.38 bits per heavy atom. The normalized spacial score (nSPS) is 11.4. The highest BCUT2D eigenvalue weighted by atomic mass is 35.5. The smallest absolute Gasteiger partial charge is 0.101 e. The zero-order valence-electron chi connectivity index (χ0n) is 12.7. The Kier molecular flexibility index (Phi) is 4.36. The molecule has 2 rings (SSSR count). The molecule has 1 aromatic heterocycles. The van der Waals surface area contributed by atoms with Gasteiger partial charge in [0.2, 0.25) is 0 Å². The number of halogens is 1. The molecule has 0 fully saturated rings. The second kappa shape index (κ2) is 5.88. The van der Waals surface area contributed by atoms with Gasteiger partial charge in [-0.3, -0.25) is 0 Å². The van der Waals surface area contributed by atoms with Crippen LogP contribution in [0.25, 0.3) is 5.69 Å². The number of rotatable bonds is 3. The van der Waals surface area contributed by atoms with Gasteiger partial charge in [0.05, 0.1) is 22.0 Å². The van der Waals surface area contributed by atoms with Crippen LogP contribution in [0, 0.1) is 18.3 Å². The van der Waals surface area contributed by atoms with Gasteiger partial charge in [0, 0.05) is 18.3 Å². The molecule has 0 atom stereocenters. The minimum atomic E-state index is 0.0398. The second-order valence-electron chi connectivity index (χ2n) is 6.07. The van der Waals surface area contributed by atoms with Crippen molar-refractivity contribution in [1.82, 2.24) is 15.1 Å². The number of nitrogens with zero attached hydrogens (tertiary/aromatic N) is 3. The number of aryl methyl sites for hydroxylation is 1. The number of benzene rings is 1. The minimum Gasteiger partial charge on any atom is -0.308 e. The summed E-state index contributed by atoms with van der Waals surface area (Å²) in [4.78, 5) is 0. The lowest BCUT2D eigenvalue weighted by Gasteiger charge is -2.20. The Balaban J connectivity index is 2.31. The van der Waals surface area contributed by atoms with E-state index in [1.165, 1.54) is 0 Å². The van der Waals surface area contributed by atoms with Crippen LogP contribution < -0.4 is 5.32 Å². The molecule has 0 aliphatic rings.